The highest BCUT2D eigenvalue weighted by atomic mass is 16.6. The van der Waals surface area contributed by atoms with Crippen LogP contribution in [0.4, 0.5) is 0 Å². The summed E-state index contributed by atoms with van der Waals surface area (Å²) in [4.78, 5) is 40.5. The number of esters is 2. The first kappa shape index (κ1) is 26.8. The van der Waals surface area contributed by atoms with Crippen LogP contribution in [0.2, 0.25) is 0 Å². The lowest BCUT2D eigenvalue weighted by Gasteiger charge is -2.36. The molecule has 0 spiro atoms. The third-order valence-electron chi connectivity index (χ3n) is 6.35. The van der Waals surface area contributed by atoms with Gasteiger partial charge >= 0.3 is 11.9 Å². The topological polar surface area (TPSA) is 93.1 Å². The maximum Gasteiger partial charge on any atom is 0.313 e. The van der Waals surface area contributed by atoms with E-state index in [0.29, 0.717) is 12.8 Å². The van der Waals surface area contributed by atoms with E-state index >= 15 is 0 Å². The average molecular weight is 462 g/mol. The van der Waals surface area contributed by atoms with Crippen molar-refractivity contribution in [1.82, 2.24) is 4.90 Å². The molecule has 1 aliphatic rings. The summed E-state index contributed by atoms with van der Waals surface area (Å²) in [7, 11) is 1.58. The van der Waals surface area contributed by atoms with Crippen LogP contribution < -0.4 is 0 Å². The highest BCUT2D eigenvalue weighted by Crippen LogP contribution is 2.24. The number of carbonyl (C=O) groups is 3. The third-order valence-corrected chi connectivity index (χ3v) is 6.35. The number of ether oxygens (including phenoxy) is 2. The Labute approximate surface area is 197 Å². The zero-order valence-electron chi connectivity index (χ0n) is 20.5. The highest BCUT2D eigenvalue weighted by molar-refractivity contribution is 5.85. The molecule has 0 aromatic heterocycles. The number of carbonyl (C=O) groups excluding carboxylic acids is 3. The van der Waals surface area contributed by atoms with Gasteiger partial charge in [0.2, 0.25) is 0 Å². The Balaban J connectivity index is 2.37. The molecule has 2 rings (SSSR count). The number of benzene rings is 1. The summed E-state index contributed by atoms with van der Waals surface area (Å²) in [6.45, 7) is 7.38. The lowest BCUT2D eigenvalue weighted by molar-refractivity contribution is -0.176. The second kappa shape index (κ2) is 12.7. The fraction of sp³-hybridized carbons (Fsp3) is 0.654. The molecule has 5 atom stereocenters. The van der Waals surface area contributed by atoms with Crippen molar-refractivity contribution in [2.45, 2.75) is 90.6 Å². The molecule has 0 bridgehead atoms. The Morgan fingerprint density at radius 2 is 1.76 bits per heavy atom. The van der Waals surface area contributed by atoms with E-state index < -0.39 is 42.2 Å². The maximum atomic E-state index is 13.4. The molecule has 184 valence electrons. The lowest BCUT2D eigenvalue weighted by atomic mass is 9.95. The molecule has 1 aromatic carbocycles. The van der Waals surface area contributed by atoms with Crippen molar-refractivity contribution in [2.75, 3.05) is 7.05 Å². The minimum Gasteiger partial charge on any atom is -0.461 e. The normalized spacial score (nSPS) is 27.5. The van der Waals surface area contributed by atoms with Crippen molar-refractivity contribution in [3.05, 3.63) is 35.9 Å². The Kier molecular flexibility index (Phi) is 10.4. The van der Waals surface area contributed by atoms with E-state index in [1.54, 1.807) is 14.0 Å². The number of aliphatic hydroxyl groups excluding tert-OH is 1. The number of unbranched alkanes of at least 4 members (excludes halogenated alkanes) is 2. The van der Waals surface area contributed by atoms with Crippen molar-refractivity contribution in [3.63, 3.8) is 0 Å². The zero-order chi connectivity index (χ0) is 24.5. The molecule has 0 saturated carbocycles. The molecular formula is C26H39NO6. The number of amides is 1. The first-order valence-electron chi connectivity index (χ1n) is 12.0. The molecule has 0 aliphatic carbocycles. The van der Waals surface area contributed by atoms with E-state index in [2.05, 4.69) is 6.92 Å². The van der Waals surface area contributed by atoms with Gasteiger partial charge in [0, 0.05) is 7.05 Å². The monoisotopic (exact) mass is 461 g/mol. The van der Waals surface area contributed by atoms with Gasteiger partial charge in [-0.2, -0.15) is 0 Å². The first-order valence-corrected chi connectivity index (χ1v) is 12.0. The summed E-state index contributed by atoms with van der Waals surface area (Å²) >= 11 is 0. The van der Waals surface area contributed by atoms with Gasteiger partial charge in [0.05, 0.1) is 24.5 Å². The first-order chi connectivity index (χ1) is 15.6. The summed E-state index contributed by atoms with van der Waals surface area (Å²) in [5.41, 5.74) is 0.922. The molecule has 0 unspecified atom stereocenters. The van der Waals surface area contributed by atoms with Gasteiger partial charge in [-0.15, -0.1) is 0 Å². The van der Waals surface area contributed by atoms with Crippen LogP contribution in [0.1, 0.15) is 65.4 Å². The number of rotatable bonds is 7. The molecule has 33 heavy (non-hydrogen) atoms. The summed E-state index contributed by atoms with van der Waals surface area (Å²) in [5, 5.41) is 11.0. The fourth-order valence-corrected chi connectivity index (χ4v) is 4.14. The largest absolute Gasteiger partial charge is 0.461 e. The molecule has 1 aliphatic heterocycles. The molecule has 1 heterocycles. The van der Waals surface area contributed by atoms with Crippen LogP contribution in [0.3, 0.4) is 0 Å². The van der Waals surface area contributed by atoms with Crippen molar-refractivity contribution >= 4 is 17.8 Å². The van der Waals surface area contributed by atoms with Crippen molar-refractivity contribution in [3.8, 4) is 0 Å². The van der Waals surface area contributed by atoms with Crippen molar-refractivity contribution in [1.29, 1.82) is 0 Å². The van der Waals surface area contributed by atoms with Gasteiger partial charge in [-0.3, -0.25) is 14.4 Å². The standard InChI is InChI=1S/C26H39NO6/c1-6-7-9-14-22-18(4)26(31)33-24(17(2)3)25(30)27(5)20(21(28)16-23(29)32-22)15-19-12-10-8-11-13-19/h8,10-13,17-18,20-22,24,28H,6-7,9,14-16H2,1-5H3/t18-,20-,21+,22+,24-/m0/s1. The number of hydrogen-bond donors (Lipinski definition) is 1. The molecule has 0 radical (unpaired) electrons. The van der Waals surface area contributed by atoms with Crippen LogP contribution in [0.15, 0.2) is 30.3 Å². The van der Waals surface area contributed by atoms with Crippen LogP contribution in [-0.4, -0.2) is 59.3 Å². The van der Waals surface area contributed by atoms with Gasteiger partial charge in [0.25, 0.3) is 5.91 Å². The van der Waals surface area contributed by atoms with Crippen LogP contribution in [0, 0.1) is 11.8 Å². The summed E-state index contributed by atoms with van der Waals surface area (Å²) in [6, 6.07) is 8.79. The molecular weight excluding hydrogens is 422 g/mol. The lowest BCUT2D eigenvalue weighted by Crippen LogP contribution is -2.53. The fourth-order valence-electron chi connectivity index (χ4n) is 4.14. The molecule has 1 aromatic rings. The van der Waals surface area contributed by atoms with E-state index in [0.717, 1.165) is 24.8 Å². The maximum absolute atomic E-state index is 13.4. The van der Waals surface area contributed by atoms with E-state index in [4.69, 9.17) is 9.47 Å². The van der Waals surface area contributed by atoms with E-state index in [-0.39, 0.29) is 18.2 Å². The van der Waals surface area contributed by atoms with Crippen LogP contribution in [-0.2, 0) is 30.3 Å². The predicted octanol–water partition coefficient (Wildman–Crippen LogP) is 3.52. The molecule has 7 heteroatoms. The Morgan fingerprint density at radius 1 is 1.09 bits per heavy atom. The number of hydrogen-bond acceptors (Lipinski definition) is 6. The number of cyclic esters (lactones) is 2. The average Bonchev–Trinajstić information content (AvgIpc) is 2.78. The number of likely N-dealkylation sites (N-methyl/N-ethyl adjacent to an activating group) is 1. The van der Waals surface area contributed by atoms with Crippen molar-refractivity contribution < 1.29 is 29.0 Å². The summed E-state index contributed by atoms with van der Waals surface area (Å²) in [6.07, 6.45) is 0.616. The summed E-state index contributed by atoms with van der Waals surface area (Å²) < 4.78 is 11.4. The van der Waals surface area contributed by atoms with Crippen molar-refractivity contribution in [2.24, 2.45) is 11.8 Å². The van der Waals surface area contributed by atoms with E-state index in [9.17, 15) is 19.5 Å². The minimum atomic E-state index is -1.12. The highest BCUT2D eigenvalue weighted by Gasteiger charge is 2.39. The second-order valence-corrected chi connectivity index (χ2v) is 9.39. The van der Waals surface area contributed by atoms with E-state index in [1.165, 1.54) is 4.90 Å². The number of nitrogens with zero attached hydrogens (tertiary/aromatic N) is 1. The Hall–Kier alpha value is -2.41. The van der Waals surface area contributed by atoms with Gasteiger partial charge in [-0.25, -0.2) is 0 Å². The molecule has 1 amide bonds. The van der Waals surface area contributed by atoms with Gasteiger partial charge < -0.3 is 19.5 Å². The Morgan fingerprint density at radius 3 is 2.36 bits per heavy atom. The SMILES string of the molecule is CCCCC[C@H]1OC(=O)C[C@@H](O)[C@H](Cc2ccccc2)N(C)C(=O)[C@H](C(C)C)OC(=O)[C@H]1C. The minimum absolute atomic E-state index is 0.255. The van der Waals surface area contributed by atoms with Crippen LogP contribution >= 0.6 is 0 Å². The summed E-state index contributed by atoms with van der Waals surface area (Å²) in [5.74, 6) is -2.48. The van der Waals surface area contributed by atoms with Gasteiger partial charge in [0.15, 0.2) is 6.10 Å². The van der Waals surface area contributed by atoms with Crippen LogP contribution in [0.5, 0.6) is 0 Å². The molecule has 7 nitrogen and oxygen atoms in total. The zero-order valence-corrected chi connectivity index (χ0v) is 20.5. The molecule has 1 fully saturated rings. The Bertz CT molecular complexity index is 780. The second-order valence-electron chi connectivity index (χ2n) is 9.39. The third kappa shape index (κ3) is 7.56. The molecule has 1 N–H and O–H groups in total. The van der Waals surface area contributed by atoms with Crippen LogP contribution in [0.25, 0.3) is 0 Å². The predicted molar refractivity (Wildman–Crippen MR) is 125 cm³/mol. The quantitative estimate of drug-likeness (QED) is 0.493. The molecule has 1 saturated heterocycles. The van der Waals surface area contributed by atoms with Gasteiger partial charge in [-0.05, 0) is 37.7 Å². The van der Waals surface area contributed by atoms with E-state index in [1.807, 2.05) is 44.2 Å². The number of aliphatic hydroxyl groups is 1. The van der Waals surface area contributed by atoms with Gasteiger partial charge in [0.1, 0.15) is 6.10 Å². The van der Waals surface area contributed by atoms with Gasteiger partial charge in [-0.1, -0.05) is 63.9 Å². The smallest absolute Gasteiger partial charge is 0.313 e.